The first-order valence-corrected chi connectivity index (χ1v) is 9.27. The lowest BCUT2D eigenvalue weighted by atomic mass is 9.86. The van der Waals surface area contributed by atoms with E-state index in [0.717, 1.165) is 50.5 Å². The SMILES string of the molecule is COCCN1CC[C@]2(CCC1=O)CN(c1cc(C)nc(N)n1)CCN2C. The lowest BCUT2D eigenvalue weighted by Gasteiger charge is -2.49. The van der Waals surface area contributed by atoms with E-state index in [1.165, 1.54) is 0 Å². The summed E-state index contributed by atoms with van der Waals surface area (Å²) in [5.41, 5.74) is 6.70. The third-order valence-electron chi connectivity index (χ3n) is 5.75. The Kier molecular flexibility index (Phi) is 5.62. The second-order valence-corrected chi connectivity index (χ2v) is 7.42. The highest BCUT2D eigenvalue weighted by molar-refractivity contribution is 5.76. The molecule has 2 saturated heterocycles. The number of hydrogen-bond acceptors (Lipinski definition) is 7. The van der Waals surface area contributed by atoms with Crippen molar-refractivity contribution in [1.82, 2.24) is 19.8 Å². The number of anilines is 2. The zero-order valence-electron chi connectivity index (χ0n) is 16.1. The van der Waals surface area contributed by atoms with Crippen molar-refractivity contribution in [3.8, 4) is 0 Å². The number of nitrogens with zero attached hydrogens (tertiary/aromatic N) is 5. The highest BCUT2D eigenvalue weighted by Gasteiger charge is 2.42. The zero-order valence-corrected chi connectivity index (χ0v) is 16.1. The number of hydrogen-bond donors (Lipinski definition) is 1. The largest absolute Gasteiger partial charge is 0.383 e. The third kappa shape index (κ3) is 3.91. The number of likely N-dealkylation sites (tertiary alicyclic amines) is 1. The number of carbonyl (C=O) groups excluding carboxylic acids is 1. The average molecular weight is 362 g/mol. The van der Waals surface area contributed by atoms with Gasteiger partial charge in [-0.05, 0) is 26.8 Å². The van der Waals surface area contributed by atoms with E-state index in [9.17, 15) is 4.79 Å². The maximum absolute atomic E-state index is 12.5. The predicted molar refractivity (Wildman–Crippen MR) is 101 cm³/mol. The number of rotatable bonds is 4. The summed E-state index contributed by atoms with van der Waals surface area (Å²) in [5, 5.41) is 0. The first-order chi connectivity index (χ1) is 12.4. The molecule has 1 aromatic rings. The van der Waals surface area contributed by atoms with Crippen molar-refractivity contribution >= 4 is 17.7 Å². The summed E-state index contributed by atoms with van der Waals surface area (Å²) in [7, 11) is 3.85. The van der Waals surface area contributed by atoms with Crippen LogP contribution in [-0.4, -0.2) is 84.7 Å². The van der Waals surface area contributed by atoms with Crippen LogP contribution in [0.5, 0.6) is 0 Å². The summed E-state index contributed by atoms with van der Waals surface area (Å²) in [4.78, 5) is 27.8. The van der Waals surface area contributed by atoms with Crippen LogP contribution < -0.4 is 10.6 Å². The molecule has 2 aliphatic heterocycles. The van der Waals surface area contributed by atoms with Gasteiger partial charge >= 0.3 is 0 Å². The van der Waals surface area contributed by atoms with Crippen molar-refractivity contribution in [2.24, 2.45) is 0 Å². The standard InChI is InChI=1S/C18H30N6O2/c1-14-12-15(21-17(19)20-14)24-9-8-22(2)18(13-24)5-4-16(25)23(7-6-18)10-11-26-3/h12H,4-11,13H2,1-3H3,(H2,19,20,21)/t18-/m1/s1. The summed E-state index contributed by atoms with van der Waals surface area (Å²) in [5.74, 6) is 1.43. The molecule has 0 unspecified atom stereocenters. The maximum atomic E-state index is 12.5. The van der Waals surface area contributed by atoms with Crippen LogP contribution >= 0.6 is 0 Å². The van der Waals surface area contributed by atoms with E-state index >= 15 is 0 Å². The minimum absolute atomic E-state index is 0.0245. The van der Waals surface area contributed by atoms with Crippen molar-refractivity contribution in [3.05, 3.63) is 11.8 Å². The van der Waals surface area contributed by atoms with Crippen LogP contribution in [0.15, 0.2) is 6.07 Å². The summed E-state index contributed by atoms with van der Waals surface area (Å²) < 4.78 is 5.15. The van der Waals surface area contributed by atoms with Crippen LogP contribution in [0.2, 0.25) is 0 Å². The molecule has 2 fully saturated rings. The molecule has 0 radical (unpaired) electrons. The molecular formula is C18H30N6O2. The number of ether oxygens (including phenoxy) is 1. The number of piperazine rings is 1. The first-order valence-electron chi connectivity index (χ1n) is 9.27. The summed E-state index contributed by atoms with van der Waals surface area (Å²) in [6, 6.07) is 1.99. The molecule has 2 aliphatic rings. The van der Waals surface area contributed by atoms with Crippen LogP contribution in [0, 0.1) is 6.92 Å². The summed E-state index contributed by atoms with van der Waals surface area (Å²) >= 11 is 0. The predicted octanol–water partition coefficient (Wildman–Crippen LogP) is 0.517. The number of nitrogen functional groups attached to an aromatic ring is 1. The Morgan fingerprint density at radius 3 is 2.81 bits per heavy atom. The van der Waals surface area contributed by atoms with E-state index in [0.29, 0.717) is 25.5 Å². The van der Waals surface area contributed by atoms with E-state index in [-0.39, 0.29) is 11.4 Å². The molecule has 0 aromatic carbocycles. The zero-order chi connectivity index (χ0) is 18.7. The van der Waals surface area contributed by atoms with Gasteiger partial charge in [-0.3, -0.25) is 9.69 Å². The minimum atomic E-state index is -0.0245. The molecule has 144 valence electrons. The van der Waals surface area contributed by atoms with Gasteiger partial charge in [0.05, 0.1) is 6.61 Å². The van der Waals surface area contributed by atoms with E-state index in [2.05, 4.69) is 26.8 Å². The highest BCUT2D eigenvalue weighted by Crippen LogP contribution is 2.33. The molecule has 0 aliphatic carbocycles. The van der Waals surface area contributed by atoms with Crippen LogP contribution in [0.3, 0.4) is 0 Å². The third-order valence-corrected chi connectivity index (χ3v) is 5.75. The fourth-order valence-corrected chi connectivity index (χ4v) is 4.06. The molecule has 1 aromatic heterocycles. The van der Waals surface area contributed by atoms with Crippen LogP contribution in [-0.2, 0) is 9.53 Å². The lowest BCUT2D eigenvalue weighted by Crippen LogP contribution is -2.61. The summed E-state index contributed by atoms with van der Waals surface area (Å²) in [6.45, 7) is 6.65. The van der Waals surface area contributed by atoms with Crippen LogP contribution in [0.1, 0.15) is 25.0 Å². The van der Waals surface area contributed by atoms with Gasteiger partial charge in [0.15, 0.2) is 0 Å². The second kappa shape index (κ2) is 7.75. The Morgan fingerprint density at radius 2 is 2.08 bits per heavy atom. The second-order valence-electron chi connectivity index (χ2n) is 7.42. The number of amides is 1. The normalized spacial score (nSPS) is 25.0. The molecule has 8 nitrogen and oxygen atoms in total. The van der Waals surface area contributed by atoms with Crippen molar-refractivity contribution in [1.29, 1.82) is 0 Å². The van der Waals surface area contributed by atoms with E-state index in [4.69, 9.17) is 10.5 Å². The Bertz CT molecular complexity index is 634. The molecule has 3 rings (SSSR count). The van der Waals surface area contributed by atoms with E-state index < -0.39 is 0 Å². The van der Waals surface area contributed by atoms with Gasteiger partial charge in [-0.25, -0.2) is 4.98 Å². The van der Waals surface area contributed by atoms with Crippen molar-refractivity contribution < 1.29 is 9.53 Å². The fourth-order valence-electron chi connectivity index (χ4n) is 4.06. The van der Waals surface area contributed by atoms with Gasteiger partial charge in [-0.2, -0.15) is 4.98 Å². The number of aromatic nitrogens is 2. The Hall–Kier alpha value is -1.93. The molecule has 26 heavy (non-hydrogen) atoms. The number of nitrogens with two attached hydrogens (primary N) is 1. The molecule has 1 atom stereocenters. The molecule has 2 N–H and O–H groups in total. The Morgan fingerprint density at radius 1 is 1.27 bits per heavy atom. The first kappa shape index (κ1) is 18.8. The summed E-state index contributed by atoms with van der Waals surface area (Å²) in [6.07, 6.45) is 2.39. The van der Waals surface area contributed by atoms with Gasteiger partial charge in [0.25, 0.3) is 0 Å². The monoisotopic (exact) mass is 362 g/mol. The van der Waals surface area contributed by atoms with Gasteiger partial charge in [-0.15, -0.1) is 0 Å². The van der Waals surface area contributed by atoms with Crippen molar-refractivity contribution in [2.75, 3.05) is 64.1 Å². The van der Waals surface area contributed by atoms with Gasteiger partial charge < -0.3 is 20.3 Å². The number of aryl methyl sites for hydroxylation is 1. The van der Waals surface area contributed by atoms with Gasteiger partial charge in [0.1, 0.15) is 5.82 Å². The van der Waals surface area contributed by atoms with Gasteiger partial charge in [-0.1, -0.05) is 0 Å². The molecule has 8 heteroatoms. The van der Waals surface area contributed by atoms with Gasteiger partial charge in [0, 0.05) is 63.6 Å². The maximum Gasteiger partial charge on any atom is 0.222 e. The Labute approximate surface area is 155 Å². The fraction of sp³-hybridized carbons (Fsp3) is 0.722. The van der Waals surface area contributed by atoms with Crippen molar-refractivity contribution in [3.63, 3.8) is 0 Å². The van der Waals surface area contributed by atoms with E-state index in [1.807, 2.05) is 17.9 Å². The van der Waals surface area contributed by atoms with Crippen LogP contribution in [0.25, 0.3) is 0 Å². The molecule has 1 spiro atoms. The van der Waals surface area contributed by atoms with Crippen LogP contribution in [0.4, 0.5) is 11.8 Å². The van der Waals surface area contributed by atoms with Gasteiger partial charge in [0.2, 0.25) is 11.9 Å². The molecule has 1 amide bonds. The average Bonchev–Trinajstić information content (AvgIpc) is 2.75. The van der Waals surface area contributed by atoms with E-state index in [1.54, 1.807) is 7.11 Å². The Balaban J connectivity index is 1.78. The number of methoxy groups -OCH3 is 1. The smallest absolute Gasteiger partial charge is 0.222 e. The minimum Gasteiger partial charge on any atom is -0.383 e. The topological polar surface area (TPSA) is 87.8 Å². The number of carbonyl (C=O) groups is 1. The molecular weight excluding hydrogens is 332 g/mol. The molecule has 0 bridgehead atoms. The lowest BCUT2D eigenvalue weighted by molar-refractivity contribution is -0.131. The molecule has 0 saturated carbocycles. The van der Waals surface area contributed by atoms with Crippen molar-refractivity contribution in [2.45, 2.75) is 31.7 Å². The quantitative estimate of drug-likeness (QED) is 0.835. The number of likely N-dealkylation sites (N-methyl/N-ethyl adjacent to an activating group) is 1. The highest BCUT2D eigenvalue weighted by atomic mass is 16.5. The molecule has 3 heterocycles.